The van der Waals surface area contributed by atoms with Gasteiger partial charge in [-0.2, -0.15) is 5.10 Å². The average Bonchev–Trinajstić information content (AvgIpc) is 2.88. The molecular formula is C11H12IN3OS. The fraction of sp³-hybridized carbons (Fsp3) is 0.273. The van der Waals surface area contributed by atoms with Gasteiger partial charge in [-0.05, 0) is 35.1 Å². The number of H-pyrrole nitrogens is 1. The highest BCUT2D eigenvalue weighted by atomic mass is 127. The van der Waals surface area contributed by atoms with E-state index in [4.69, 9.17) is 0 Å². The standard InChI is InChI=1S/C11H12IN3OS/c1-2-3-8-5-10(15-14-8)13-11(16)7-4-9(12)17-6-7/h4-6H,2-3H2,1H3,(H2,13,14,15,16). The minimum atomic E-state index is -0.112. The van der Waals surface area contributed by atoms with E-state index in [0.29, 0.717) is 11.4 Å². The lowest BCUT2D eigenvalue weighted by atomic mass is 10.2. The first-order valence-corrected chi connectivity index (χ1v) is 7.24. The Morgan fingerprint density at radius 2 is 2.41 bits per heavy atom. The highest BCUT2D eigenvalue weighted by molar-refractivity contribution is 14.1. The van der Waals surface area contributed by atoms with Crippen molar-refractivity contribution >= 4 is 45.7 Å². The number of amides is 1. The number of aryl methyl sites for hydroxylation is 1. The van der Waals surface area contributed by atoms with Gasteiger partial charge in [0.25, 0.3) is 5.91 Å². The molecule has 0 aromatic carbocycles. The van der Waals surface area contributed by atoms with Crippen LogP contribution in [0.4, 0.5) is 5.82 Å². The second-order valence-electron chi connectivity index (χ2n) is 3.62. The van der Waals surface area contributed by atoms with Crippen molar-refractivity contribution in [1.82, 2.24) is 10.2 Å². The van der Waals surface area contributed by atoms with E-state index >= 15 is 0 Å². The number of nitrogens with zero attached hydrogens (tertiary/aromatic N) is 1. The summed E-state index contributed by atoms with van der Waals surface area (Å²) in [7, 11) is 0. The molecule has 0 fully saturated rings. The van der Waals surface area contributed by atoms with Gasteiger partial charge in [-0.3, -0.25) is 9.89 Å². The van der Waals surface area contributed by atoms with Crippen molar-refractivity contribution in [2.45, 2.75) is 19.8 Å². The molecule has 0 atom stereocenters. The summed E-state index contributed by atoms with van der Waals surface area (Å²) in [4.78, 5) is 11.8. The van der Waals surface area contributed by atoms with Crippen LogP contribution in [0.2, 0.25) is 0 Å². The summed E-state index contributed by atoms with van der Waals surface area (Å²) < 4.78 is 1.10. The molecule has 6 heteroatoms. The van der Waals surface area contributed by atoms with Gasteiger partial charge in [0.2, 0.25) is 0 Å². The van der Waals surface area contributed by atoms with Gasteiger partial charge in [0.1, 0.15) is 0 Å². The summed E-state index contributed by atoms with van der Waals surface area (Å²) in [5, 5.41) is 11.6. The summed E-state index contributed by atoms with van der Waals surface area (Å²) >= 11 is 3.75. The van der Waals surface area contributed by atoms with Crippen molar-refractivity contribution in [1.29, 1.82) is 0 Å². The van der Waals surface area contributed by atoms with Crippen LogP contribution < -0.4 is 5.32 Å². The minimum absolute atomic E-state index is 0.112. The van der Waals surface area contributed by atoms with Crippen molar-refractivity contribution in [3.8, 4) is 0 Å². The first kappa shape index (κ1) is 12.6. The van der Waals surface area contributed by atoms with E-state index in [2.05, 4.69) is 45.0 Å². The van der Waals surface area contributed by atoms with Crippen LogP contribution in [0, 0.1) is 2.88 Å². The molecule has 2 aromatic heterocycles. The zero-order valence-electron chi connectivity index (χ0n) is 9.29. The quantitative estimate of drug-likeness (QED) is 0.822. The van der Waals surface area contributed by atoms with Crippen molar-refractivity contribution in [2.24, 2.45) is 0 Å². The molecule has 0 spiro atoms. The van der Waals surface area contributed by atoms with E-state index in [9.17, 15) is 4.79 Å². The smallest absolute Gasteiger partial charge is 0.257 e. The fourth-order valence-electron chi connectivity index (χ4n) is 1.44. The molecule has 2 heterocycles. The lowest BCUT2D eigenvalue weighted by molar-refractivity contribution is 0.102. The third-order valence-corrected chi connectivity index (χ3v) is 4.01. The Morgan fingerprint density at radius 3 is 3.06 bits per heavy atom. The van der Waals surface area contributed by atoms with Gasteiger partial charge < -0.3 is 5.32 Å². The summed E-state index contributed by atoms with van der Waals surface area (Å²) in [6.07, 6.45) is 2.00. The van der Waals surface area contributed by atoms with Crippen LogP contribution in [-0.2, 0) is 6.42 Å². The number of carbonyl (C=O) groups excluding carboxylic acids is 1. The second kappa shape index (κ2) is 5.63. The van der Waals surface area contributed by atoms with Gasteiger partial charge in [-0.15, -0.1) is 11.3 Å². The van der Waals surface area contributed by atoms with Crippen molar-refractivity contribution < 1.29 is 4.79 Å². The Bertz CT molecular complexity index is 520. The first-order chi connectivity index (χ1) is 8.19. The number of hydrogen-bond donors (Lipinski definition) is 2. The summed E-state index contributed by atoms with van der Waals surface area (Å²) in [5.41, 5.74) is 1.72. The largest absolute Gasteiger partial charge is 0.305 e. The zero-order valence-corrected chi connectivity index (χ0v) is 12.3. The SMILES string of the molecule is CCCc1cc(NC(=O)c2csc(I)c2)n[nH]1. The maximum atomic E-state index is 11.8. The molecule has 1 amide bonds. The number of rotatable bonds is 4. The predicted molar refractivity (Wildman–Crippen MR) is 77.6 cm³/mol. The molecular weight excluding hydrogens is 349 g/mol. The molecule has 0 bridgehead atoms. The Balaban J connectivity index is 2.02. The van der Waals surface area contributed by atoms with Gasteiger partial charge in [-0.25, -0.2) is 0 Å². The first-order valence-electron chi connectivity index (χ1n) is 5.28. The third-order valence-electron chi connectivity index (χ3n) is 2.22. The fourth-order valence-corrected chi connectivity index (χ4v) is 2.77. The molecule has 4 nitrogen and oxygen atoms in total. The minimum Gasteiger partial charge on any atom is -0.305 e. The number of anilines is 1. The molecule has 0 aliphatic carbocycles. The molecule has 17 heavy (non-hydrogen) atoms. The van der Waals surface area contributed by atoms with Crippen molar-refractivity contribution in [2.75, 3.05) is 5.32 Å². The number of aromatic amines is 1. The molecule has 2 rings (SSSR count). The summed E-state index contributed by atoms with van der Waals surface area (Å²) in [5.74, 6) is 0.471. The Kier molecular flexibility index (Phi) is 4.16. The number of aromatic nitrogens is 2. The van der Waals surface area contributed by atoms with Crippen LogP contribution >= 0.6 is 33.9 Å². The molecule has 0 aliphatic heterocycles. The van der Waals surface area contributed by atoms with E-state index in [1.807, 2.05) is 17.5 Å². The van der Waals surface area contributed by atoms with Crippen LogP contribution in [0.15, 0.2) is 17.5 Å². The second-order valence-corrected chi connectivity index (χ2v) is 6.43. The lowest BCUT2D eigenvalue weighted by Gasteiger charge is -1.97. The molecule has 2 N–H and O–H groups in total. The molecule has 0 aliphatic rings. The van der Waals surface area contributed by atoms with E-state index in [1.54, 1.807) is 11.3 Å². The van der Waals surface area contributed by atoms with E-state index in [0.717, 1.165) is 21.4 Å². The highest BCUT2D eigenvalue weighted by Gasteiger charge is 2.09. The van der Waals surface area contributed by atoms with E-state index < -0.39 is 0 Å². The van der Waals surface area contributed by atoms with Crippen molar-refractivity contribution in [3.63, 3.8) is 0 Å². The molecule has 0 radical (unpaired) electrons. The normalized spacial score (nSPS) is 10.5. The van der Waals surface area contributed by atoms with Crippen molar-refractivity contribution in [3.05, 3.63) is 31.7 Å². The van der Waals surface area contributed by atoms with Crippen LogP contribution in [0.5, 0.6) is 0 Å². The molecule has 90 valence electrons. The van der Waals surface area contributed by atoms with Gasteiger partial charge >= 0.3 is 0 Å². The summed E-state index contributed by atoms with van der Waals surface area (Å²) in [6.45, 7) is 2.10. The van der Waals surface area contributed by atoms with E-state index in [-0.39, 0.29) is 5.91 Å². The monoisotopic (exact) mass is 361 g/mol. The van der Waals surface area contributed by atoms with Crippen LogP contribution in [0.3, 0.4) is 0 Å². The topological polar surface area (TPSA) is 57.8 Å². The maximum Gasteiger partial charge on any atom is 0.257 e. The molecule has 2 aromatic rings. The van der Waals surface area contributed by atoms with Gasteiger partial charge in [-0.1, -0.05) is 13.3 Å². The average molecular weight is 361 g/mol. The highest BCUT2D eigenvalue weighted by Crippen LogP contribution is 2.17. The number of nitrogens with one attached hydrogen (secondary N) is 2. The maximum absolute atomic E-state index is 11.8. The Morgan fingerprint density at radius 1 is 1.59 bits per heavy atom. The zero-order chi connectivity index (χ0) is 12.3. The van der Waals surface area contributed by atoms with E-state index in [1.165, 1.54) is 0 Å². The van der Waals surface area contributed by atoms with Crippen LogP contribution in [0.1, 0.15) is 29.4 Å². The lowest BCUT2D eigenvalue weighted by Crippen LogP contribution is -2.10. The molecule has 0 saturated carbocycles. The number of hydrogen-bond acceptors (Lipinski definition) is 3. The van der Waals surface area contributed by atoms with Gasteiger partial charge in [0.15, 0.2) is 5.82 Å². The van der Waals surface area contributed by atoms with Crippen LogP contribution in [0.25, 0.3) is 0 Å². The third kappa shape index (κ3) is 3.29. The Hall–Kier alpha value is -0.890. The van der Waals surface area contributed by atoms with Crippen LogP contribution in [-0.4, -0.2) is 16.1 Å². The molecule has 0 unspecified atom stereocenters. The predicted octanol–water partition coefficient (Wildman–Crippen LogP) is 3.28. The number of thiophene rings is 1. The van der Waals surface area contributed by atoms with Gasteiger partial charge in [0, 0.05) is 17.1 Å². The molecule has 0 saturated heterocycles. The summed E-state index contributed by atoms with van der Waals surface area (Å²) in [6, 6.07) is 3.74. The number of carbonyl (C=O) groups is 1. The van der Waals surface area contributed by atoms with Gasteiger partial charge in [0.05, 0.1) is 8.45 Å². The number of halogens is 1. The Labute approximate surface area is 117 Å².